The lowest BCUT2D eigenvalue weighted by Crippen LogP contribution is -2.53. The highest BCUT2D eigenvalue weighted by Crippen LogP contribution is 2.17. The normalized spacial score (nSPS) is 18.2. The molecule has 1 heterocycles. The highest BCUT2D eigenvalue weighted by Gasteiger charge is 2.36. The first-order valence-corrected chi connectivity index (χ1v) is 10.1. The molecule has 3 unspecified atom stereocenters. The SMILES string of the molecule is CSCCC(N)C(=O)NCC(=O)N1CCCC1C(=O)NC(CC(=O)O)C(=O)O. The van der Waals surface area contributed by atoms with Crippen LogP contribution in [0.3, 0.4) is 0 Å². The van der Waals surface area contributed by atoms with Crippen molar-refractivity contribution < 1.29 is 34.2 Å². The Balaban J connectivity index is 2.61. The molecule has 11 nitrogen and oxygen atoms in total. The number of nitrogens with one attached hydrogen (secondary N) is 2. The highest BCUT2D eigenvalue weighted by atomic mass is 32.2. The molecule has 1 rings (SSSR count). The molecular formula is C16H26N4O7S. The van der Waals surface area contributed by atoms with Crippen LogP contribution in [0.4, 0.5) is 0 Å². The number of carboxylic acid groups (broad SMARTS) is 2. The second-order valence-electron chi connectivity index (χ2n) is 6.35. The Morgan fingerprint density at radius 1 is 1.25 bits per heavy atom. The zero-order valence-electron chi connectivity index (χ0n) is 15.6. The van der Waals surface area contributed by atoms with E-state index in [-0.39, 0.29) is 13.1 Å². The summed E-state index contributed by atoms with van der Waals surface area (Å²) in [5, 5.41) is 22.4. The van der Waals surface area contributed by atoms with Gasteiger partial charge >= 0.3 is 11.9 Å². The molecule has 6 N–H and O–H groups in total. The van der Waals surface area contributed by atoms with E-state index in [4.69, 9.17) is 15.9 Å². The molecule has 158 valence electrons. The number of nitrogens with two attached hydrogens (primary N) is 1. The topological polar surface area (TPSA) is 179 Å². The first-order chi connectivity index (χ1) is 13.2. The summed E-state index contributed by atoms with van der Waals surface area (Å²) in [6, 6.07) is -3.23. The fourth-order valence-corrected chi connectivity index (χ4v) is 3.24. The molecule has 1 saturated heterocycles. The van der Waals surface area contributed by atoms with E-state index < -0.39 is 54.2 Å². The first kappa shape index (κ1) is 23.7. The summed E-state index contributed by atoms with van der Waals surface area (Å²) < 4.78 is 0. The van der Waals surface area contributed by atoms with Gasteiger partial charge in [0, 0.05) is 6.54 Å². The number of hydrogen-bond acceptors (Lipinski definition) is 7. The average molecular weight is 418 g/mol. The zero-order chi connectivity index (χ0) is 21.3. The second-order valence-corrected chi connectivity index (χ2v) is 7.33. The van der Waals surface area contributed by atoms with Gasteiger partial charge in [0.05, 0.1) is 19.0 Å². The molecule has 0 aromatic rings. The van der Waals surface area contributed by atoms with Crippen LogP contribution in [0.2, 0.25) is 0 Å². The second kappa shape index (κ2) is 11.5. The predicted molar refractivity (Wildman–Crippen MR) is 101 cm³/mol. The summed E-state index contributed by atoms with van der Waals surface area (Å²) >= 11 is 1.55. The highest BCUT2D eigenvalue weighted by molar-refractivity contribution is 7.98. The van der Waals surface area contributed by atoms with Crippen LogP contribution in [-0.4, -0.2) is 88.0 Å². The summed E-state index contributed by atoms with van der Waals surface area (Å²) in [5.74, 6) is -3.82. The Morgan fingerprint density at radius 3 is 2.50 bits per heavy atom. The zero-order valence-corrected chi connectivity index (χ0v) is 16.4. The lowest BCUT2D eigenvalue weighted by molar-refractivity contribution is -0.148. The number of amides is 3. The Hall–Kier alpha value is -2.34. The van der Waals surface area contributed by atoms with Gasteiger partial charge in [0.25, 0.3) is 0 Å². The lowest BCUT2D eigenvalue weighted by atomic mass is 10.1. The van der Waals surface area contributed by atoms with Gasteiger partial charge in [0.15, 0.2) is 0 Å². The average Bonchev–Trinajstić information content (AvgIpc) is 3.12. The summed E-state index contributed by atoms with van der Waals surface area (Å²) in [6.07, 6.45) is 2.43. The molecule has 0 spiro atoms. The Morgan fingerprint density at radius 2 is 1.93 bits per heavy atom. The van der Waals surface area contributed by atoms with Gasteiger partial charge in [-0.1, -0.05) is 0 Å². The van der Waals surface area contributed by atoms with E-state index >= 15 is 0 Å². The molecule has 1 fully saturated rings. The number of hydrogen-bond donors (Lipinski definition) is 5. The minimum absolute atomic E-state index is 0.280. The maximum absolute atomic E-state index is 12.4. The molecule has 1 aliphatic rings. The molecule has 0 aliphatic carbocycles. The van der Waals surface area contributed by atoms with Crippen LogP contribution >= 0.6 is 11.8 Å². The third-order valence-corrected chi connectivity index (χ3v) is 4.90. The number of carbonyl (C=O) groups is 5. The van der Waals surface area contributed by atoms with Gasteiger partial charge in [-0.2, -0.15) is 11.8 Å². The number of thioether (sulfide) groups is 1. The van der Waals surface area contributed by atoms with Gasteiger partial charge in [0.2, 0.25) is 17.7 Å². The largest absolute Gasteiger partial charge is 0.481 e. The molecule has 0 bridgehead atoms. The Labute approximate surface area is 166 Å². The lowest BCUT2D eigenvalue weighted by Gasteiger charge is -2.25. The van der Waals surface area contributed by atoms with Crippen LogP contribution < -0.4 is 16.4 Å². The molecule has 3 atom stereocenters. The summed E-state index contributed by atoms with van der Waals surface area (Å²) in [6.45, 7) is -0.0466. The smallest absolute Gasteiger partial charge is 0.326 e. The minimum atomic E-state index is -1.59. The van der Waals surface area contributed by atoms with Crippen molar-refractivity contribution in [2.45, 2.75) is 43.8 Å². The van der Waals surface area contributed by atoms with E-state index in [0.717, 1.165) is 0 Å². The fourth-order valence-electron chi connectivity index (χ4n) is 2.75. The van der Waals surface area contributed by atoms with Crippen LogP contribution in [0.5, 0.6) is 0 Å². The fraction of sp³-hybridized carbons (Fsp3) is 0.688. The molecule has 0 aromatic heterocycles. The van der Waals surface area contributed by atoms with E-state index in [1.165, 1.54) is 4.90 Å². The van der Waals surface area contributed by atoms with Gasteiger partial charge in [-0.15, -0.1) is 0 Å². The van der Waals surface area contributed by atoms with Crippen LogP contribution in [-0.2, 0) is 24.0 Å². The van der Waals surface area contributed by atoms with Crippen LogP contribution in [0.25, 0.3) is 0 Å². The molecule has 0 aromatic carbocycles. The maximum Gasteiger partial charge on any atom is 0.326 e. The molecule has 1 aliphatic heterocycles. The molecule has 0 radical (unpaired) electrons. The quantitative estimate of drug-likeness (QED) is 0.259. The van der Waals surface area contributed by atoms with Crippen molar-refractivity contribution in [1.29, 1.82) is 0 Å². The van der Waals surface area contributed by atoms with Crippen molar-refractivity contribution >= 4 is 41.4 Å². The standard InChI is InChI=1S/C16H26N4O7S/c1-28-6-4-9(17)14(24)18-8-12(21)20-5-2-3-11(20)15(25)19-10(16(26)27)7-13(22)23/h9-11H,2-8,17H2,1H3,(H,18,24)(H,19,25)(H,22,23)(H,26,27). The van der Waals surface area contributed by atoms with E-state index in [1.807, 2.05) is 6.26 Å². The Kier molecular flexibility index (Phi) is 9.73. The number of aliphatic carboxylic acids is 2. The Bertz CT molecular complexity index is 616. The number of carbonyl (C=O) groups excluding carboxylic acids is 3. The van der Waals surface area contributed by atoms with Crippen LogP contribution in [0, 0.1) is 0 Å². The number of nitrogens with zero attached hydrogens (tertiary/aromatic N) is 1. The van der Waals surface area contributed by atoms with Crippen molar-refractivity contribution in [3.8, 4) is 0 Å². The predicted octanol–water partition coefficient (Wildman–Crippen LogP) is -1.78. The number of rotatable bonds is 11. The molecule has 12 heteroatoms. The molecule has 28 heavy (non-hydrogen) atoms. The summed E-state index contributed by atoms with van der Waals surface area (Å²) in [5.41, 5.74) is 5.72. The van der Waals surface area contributed by atoms with Gasteiger partial charge in [-0.3, -0.25) is 19.2 Å². The molecular weight excluding hydrogens is 392 g/mol. The maximum atomic E-state index is 12.4. The van der Waals surface area contributed by atoms with Gasteiger partial charge in [0.1, 0.15) is 12.1 Å². The third-order valence-electron chi connectivity index (χ3n) is 4.25. The first-order valence-electron chi connectivity index (χ1n) is 8.74. The minimum Gasteiger partial charge on any atom is -0.481 e. The number of likely N-dealkylation sites (tertiary alicyclic amines) is 1. The van der Waals surface area contributed by atoms with Crippen molar-refractivity contribution in [3.63, 3.8) is 0 Å². The van der Waals surface area contributed by atoms with E-state index in [1.54, 1.807) is 11.8 Å². The van der Waals surface area contributed by atoms with Crippen molar-refractivity contribution in [3.05, 3.63) is 0 Å². The van der Waals surface area contributed by atoms with Crippen molar-refractivity contribution in [2.24, 2.45) is 5.73 Å². The molecule has 3 amide bonds. The van der Waals surface area contributed by atoms with Crippen LogP contribution in [0.1, 0.15) is 25.7 Å². The van der Waals surface area contributed by atoms with Crippen LogP contribution in [0.15, 0.2) is 0 Å². The van der Waals surface area contributed by atoms with E-state index in [2.05, 4.69) is 10.6 Å². The van der Waals surface area contributed by atoms with Crippen molar-refractivity contribution in [1.82, 2.24) is 15.5 Å². The van der Waals surface area contributed by atoms with E-state index in [9.17, 15) is 24.0 Å². The van der Waals surface area contributed by atoms with Gasteiger partial charge in [-0.25, -0.2) is 4.79 Å². The summed E-state index contributed by atoms with van der Waals surface area (Å²) in [7, 11) is 0. The van der Waals surface area contributed by atoms with Gasteiger partial charge in [-0.05, 0) is 31.3 Å². The molecule has 0 saturated carbocycles. The van der Waals surface area contributed by atoms with E-state index in [0.29, 0.717) is 25.0 Å². The van der Waals surface area contributed by atoms with Crippen molar-refractivity contribution in [2.75, 3.05) is 25.1 Å². The van der Waals surface area contributed by atoms with Gasteiger partial charge < -0.3 is 31.5 Å². The monoisotopic (exact) mass is 418 g/mol. The third kappa shape index (κ3) is 7.35. The number of carboxylic acids is 2. The summed E-state index contributed by atoms with van der Waals surface area (Å²) in [4.78, 5) is 59.7.